The number of hydrogen-bond donors (Lipinski definition) is 1. The van der Waals surface area contributed by atoms with Gasteiger partial charge in [0, 0.05) is 6.54 Å². The van der Waals surface area contributed by atoms with Crippen LogP contribution in [0.4, 0.5) is 0 Å². The summed E-state index contributed by atoms with van der Waals surface area (Å²) in [5, 5.41) is 3.70. The van der Waals surface area contributed by atoms with Crippen LogP contribution in [0.2, 0.25) is 0 Å². The highest BCUT2D eigenvalue weighted by Crippen LogP contribution is 2.22. The Balaban J connectivity index is 1.51. The number of nitrogens with zero attached hydrogens (tertiary/aromatic N) is 1. The minimum absolute atomic E-state index is 0.816. The fourth-order valence-corrected chi connectivity index (χ4v) is 3.40. The number of nitrogens with one attached hydrogen (secondary N) is 1. The minimum atomic E-state index is 0.816. The van der Waals surface area contributed by atoms with Crippen LogP contribution in [0.1, 0.15) is 51.9 Å². The van der Waals surface area contributed by atoms with Crippen molar-refractivity contribution in [2.75, 3.05) is 32.7 Å². The molecule has 1 aliphatic heterocycles. The van der Waals surface area contributed by atoms with E-state index in [1.165, 1.54) is 77.7 Å². The zero-order valence-electron chi connectivity index (χ0n) is 11.6. The molecule has 0 aromatic rings. The first-order valence-electron chi connectivity index (χ1n) is 7.77. The average molecular weight is 238 g/mol. The Morgan fingerprint density at radius 2 is 1.76 bits per heavy atom. The molecular formula is C15H30N2. The smallest absolute Gasteiger partial charge is 0.00191 e. The molecule has 1 heterocycles. The van der Waals surface area contributed by atoms with Crippen LogP contribution < -0.4 is 5.32 Å². The zero-order chi connectivity index (χ0) is 11.9. The predicted molar refractivity (Wildman–Crippen MR) is 74.3 cm³/mol. The first kappa shape index (κ1) is 13.4. The molecule has 1 aliphatic carbocycles. The molecule has 1 saturated heterocycles. The Labute approximate surface area is 107 Å². The maximum Gasteiger partial charge on any atom is 0.00191 e. The van der Waals surface area contributed by atoms with E-state index in [0.29, 0.717) is 0 Å². The van der Waals surface area contributed by atoms with Crippen molar-refractivity contribution in [3.63, 3.8) is 0 Å². The van der Waals surface area contributed by atoms with Gasteiger partial charge in [0.1, 0.15) is 0 Å². The van der Waals surface area contributed by atoms with Crippen molar-refractivity contribution in [3.05, 3.63) is 0 Å². The first-order valence-corrected chi connectivity index (χ1v) is 7.77. The lowest BCUT2D eigenvalue weighted by molar-refractivity contribution is 0.274. The molecule has 2 rings (SSSR count). The Morgan fingerprint density at radius 3 is 2.47 bits per heavy atom. The summed E-state index contributed by atoms with van der Waals surface area (Å²) in [4.78, 5) is 2.63. The highest BCUT2D eigenvalue weighted by molar-refractivity contribution is 4.72. The monoisotopic (exact) mass is 238 g/mol. The summed E-state index contributed by atoms with van der Waals surface area (Å²) in [6.45, 7) is 8.86. The second-order valence-electron chi connectivity index (χ2n) is 6.28. The summed E-state index contributed by atoms with van der Waals surface area (Å²) >= 11 is 0. The van der Waals surface area contributed by atoms with Gasteiger partial charge in [-0.1, -0.05) is 26.2 Å². The minimum Gasteiger partial charge on any atom is -0.316 e. The van der Waals surface area contributed by atoms with Crippen LogP contribution in [0.25, 0.3) is 0 Å². The van der Waals surface area contributed by atoms with Crippen LogP contribution >= 0.6 is 0 Å². The molecule has 1 unspecified atom stereocenters. The maximum atomic E-state index is 3.70. The standard InChI is InChI=1S/C15H30N2/c1-14(13-17-9-5-6-10-17)11-16-12-15-7-3-2-4-8-15/h14-16H,2-13H2,1H3. The summed E-state index contributed by atoms with van der Waals surface area (Å²) in [5.74, 6) is 1.79. The second kappa shape index (κ2) is 7.38. The lowest BCUT2D eigenvalue weighted by Crippen LogP contribution is -2.34. The van der Waals surface area contributed by atoms with Gasteiger partial charge >= 0.3 is 0 Å². The molecule has 0 aromatic heterocycles. The van der Waals surface area contributed by atoms with Crippen LogP contribution in [0.3, 0.4) is 0 Å². The third kappa shape index (κ3) is 4.97. The molecule has 0 radical (unpaired) electrons. The van der Waals surface area contributed by atoms with Crippen molar-refractivity contribution in [3.8, 4) is 0 Å². The highest BCUT2D eigenvalue weighted by Gasteiger charge is 2.16. The molecule has 2 fully saturated rings. The third-order valence-corrected chi connectivity index (χ3v) is 4.42. The van der Waals surface area contributed by atoms with Gasteiger partial charge in [-0.15, -0.1) is 0 Å². The summed E-state index contributed by atoms with van der Waals surface area (Å²) < 4.78 is 0. The van der Waals surface area contributed by atoms with Gasteiger partial charge in [0.15, 0.2) is 0 Å². The van der Waals surface area contributed by atoms with Gasteiger partial charge in [0.25, 0.3) is 0 Å². The summed E-state index contributed by atoms with van der Waals surface area (Å²) in [5.41, 5.74) is 0. The molecule has 0 amide bonds. The molecule has 2 heteroatoms. The van der Waals surface area contributed by atoms with Gasteiger partial charge in [-0.3, -0.25) is 0 Å². The van der Waals surface area contributed by atoms with E-state index in [2.05, 4.69) is 17.1 Å². The summed E-state index contributed by atoms with van der Waals surface area (Å²) in [6.07, 6.45) is 10.2. The lowest BCUT2D eigenvalue weighted by Gasteiger charge is -2.24. The zero-order valence-corrected chi connectivity index (χ0v) is 11.6. The molecule has 0 bridgehead atoms. The van der Waals surface area contributed by atoms with Crippen LogP contribution in [-0.2, 0) is 0 Å². The fraction of sp³-hybridized carbons (Fsp3) is 1.00. The molecule has 17 heavy (non-hydrogen) atoms. The van der Waals surface area contributed by atoms with Crippen LogP contribution in [-0.4, -0.2) is 37.6 Å². The van der Waals surface area contributed by atoms with E-state index in [0.717, 1.165) is 11.8 Å². The molecule has 0 spiro atoms. The summed E-state index contributed by atoms with van der Waals surface area (Å²) in [6, 6.07) is 0. The van der Waals surface area contributed by atoms with Crippen LogP contribution in [0, 0.1) is 11.8 Å². The Hall–Kier alpha value is -0.0800. The molecular weight excluding hydrogens is 208 g/mol. The molecule has 1 saturated carbocycles. The average Bonchev–Trinajstić information content (AvgIpc) is 2.83. The van der Waals surface area contributed by atoms with E-state index in [-0.39, 0.29) is 0 Å². The SMILES string of the molecule is CC(CNCC1CCCCC1)CN1CCCC1. The Kier molecular flexibility index (Phi) is 5.79. The number of hydrogen-bond acceptors (Lipinski definition) is 2. The topological polar surface area (TPSA) is 15.3 Å². The number of rotatable bonds is 6. The normalized spacial score (nSPS) is 25.2. The van der Waals surface area contributed by atoms with E-state index >= 15 is 0 Å². The molecule has 0 aromatic carbocycles. The van der Waals surface area contributed by atoms with Crippen molar-refractivity contribution in [1.82, 2.24) is 10.2 Å². The van der Waals surface area contributed by atoms with Gasteiger partial charge in [0.2, 0.25) is 0 Å². The first-order chi connectivity index (χ1) is 8.34. The Morgan fingerprint density at radius 1 is 1.06 bits per heavy atom. The molecule has 1 atom stereocenters. The van der Waals surface area contributed by atoms with Gasteiger partial charge in [-0.2, -0.15) is 0 Å². The van der Waals surface area contributed by atoms with Gasteiger partial charge in [-0.25, -0.2) is 0 Å². The van der Waals surface area contributed by atoms with Crippen molar-refractivity contribution in [2.45, 2.75) is 51.9 Å². The second-order valence-corrected chi connectivity index (χ2v) is 6.28. The molecule has 2 nitrogen and oxygen atoms in total. The predicted octanol–water partition coefficient (Wildman–Crippen LogP) is 2.89. The van der Waals surface area contributed by atoms with Crippen LogP contribution in [0.15, 0.2) is 0 Å². The van der Waals surface area contributed by atoms with E-state index in [4.69, 9.17) is 0 Å². The third-order valence-electron chi connectivity index (χ3n) is 4.42. The van der Waals surface area contributed by atoms with Gasteiger partial charge < -0.3 is 10.2 Å². The van der Waals surface area contributed by atoms with E-state index in [1.807, 2.05) is 0 Å². The highest BCUT2D eigenvalue weighted by atomic mass is 15.1. The van der Waals surface area contributed by atoms with Crippen LogP contribution in [0.5, 0.6) is 0 Å². The van der Waals surface area contributed by atoms with E-state index < -0.39 is 0 Å². The molecule has 100 valence electrons. The van der Waals surface area contributed by atoms with Crippen molar-refractivity contribution in [2.24, 2.45) is 11.8 Å². The Bertz CT molecular complexity index is 193. The number of likely N-dealkylation sites (tertiary alicyclic amines) is 1. The van der Waals surface area contributed by atoms with Gasteiger partial charge in [-0.05, 0) is 63.7 Å². The van der Waals surface area contributed by atoms with E-state index in [1.54, 1.807) is 0 Å². The lowest BCUT2D eigenvalue weighted by atomic mass is 9.89. The molecule has 2 aliphatic rings. The molecule has 1 N–H and O–H groups in total. The fourth-order valence-electron chi connectivity index (χ4n) is 3.40. The van der Waals surface area contributed by atoms with Crippen molar-refractivity contribution < 1.29 is 0 Å². The quantitative estimate of drug-likeness (QED) is 0.765. The van der Waals surface area contributed by atoms with Crippen molar-refractivity contribution in [1.29, 1.82) is 0 Å². The van der Waals surface area contributed by atoms with Gasteiger partial charge in [0.05, 0.1) is 0 Å². The van der Waals surface area contributed by atoms with Crippen molar-refractivity contribution >= 4 is 0 Å². The largest absolute Gasteiger partial charge is 0.316 e. The summed E-state index contributed by atoms with van der Waals surface area (Å²) in [7, 11) is 0. The maximum absolute atomic E-state index is 3.70. The van der Waals surface area contributed by atoms with E-state index in [9.17, 15) is 0 Å².